The summed E-state index contributed by atoms with van der Waals surface area (Å²) in [4.78, 5) is 116. The van der Waals surface area contributed by atoms with Crippen molar-refractivity contribution in [2.75, 3.05) is 119 Å². The maximum Gasteiger partial charge on any atom is 0.242 e. The summed E-state index contributed by atoms with van der Waals surface area (Å²) in [7, 11) is 0. The van der Waals surface area contributed by atoms with E-state index in [9.17, 15) is 94.2 Å². The largest absolute Gasteiger partial charge is 0.396 e. The topological polar surface area (TPSA) is 566 Å². The molecule has 0 aromatic heterocycles. The quantitative estimate of drug-likeness (QED) is 0.0252. The van der Waals surface area contributed by atoms with Crippen LogP contribution in [-0.2, 0) is 95.3 Å². The lowest BCUT2D eigenvalue weighted by Crippen LogP contribution is -2.64. The van der Waals surface area contributed by atoms with Crippen LogP contribution < -0.4 is 47.9 Å². The molecule has 0 aromatic rings. The third-order valence-corrected chi connectivity index (χ3v) is 17.9. The van der Waals surface area contributed by atoms with Crippen LogP contribution in [0.1, 0.15) is 138 Å². The lowest BCUT2D eigenvalue weighted by molar-refractivity contribution is -0.272. The van der Waals surface area contributed by atoms with Crippen LogP contribution in [0, 0.1) is 5.92 Å². The van der Waals surface area contributed by atoms with E-state index in [-0.39, 0.29) is 136 Å². The van der Waals surface area contributed by atoms with E-state index in [4.69, 9.17) is 52.1 Å². The number of carbonyl (C=O) groups is 9. The lowest BCUT2D eigenvalue weighted by Gasteiger charge is -2.42. The zero-order valence-electron chi connectivity index (χ0n) is 63.0. The van der Waals surface area contributed by atoms with Gasteiger partial charge in [0.15, 0.2) is 18.9 Å². The minimum atomic E-state index is -1.56. The van der Waals surface area contributed by atoms with Crippen LogP contribution in [0.5, 0.6) is 0 Å². The van der Waals surface area contributed by atoms with Crippen LogP contribution >= 0.6 is 0 Å². The molecule has 0 saturated carbocycles. The fourth-order valence-corrected chi connectivity index (χ4v) is 12.3. The van der Waals surface area contributed by atoms with E-state index in [1.807, 2.05) is 20.8 Å². The van der Waals surface area contributed by atoms with Gasteiger partial charge in [-0.15, -0.1) is 0 Å². The molecule has 0 aliphatic carbocycles. The Morgan fingerprint density at radius 3 is 1.25 bits per heavy atom. The highest BCUT2D eigenvalue weighted by Crippen LogP contribution is 2.28. The average molecular weight is 1560 g/mol. The summed E-state index contributed by atoms with van der Waals surface area (Å²) < 4.78 is 62.6. The molecule has 4 aliphatic rings. The van der Waals surface area contributed by atoms with E-state index in [0.717, 1.165) is 32.1 Å². The molecule has 9 amide bonds. The molecule has 17 unspecified atom stereocenters. The number of aliphatic hydroxyl groups excluding tert-OH is 10. The molecule has 4 heterocycles. The highest BCUT2D eigenvalue weighted by Gasteiger charge is 2.48. The van der Waals surface area contributed by atoms with Crippen molar-refractivity contribution in [2.24, 2.45) is 5.92 Å². The number of aliphatic hydroxyl groups is 10. The van der Waals surface area contributed by atoms with Gasteiger partial charge in [0, 0.05) is 85.0 Å². The molecule has 4 aliphatic heterocycles. The van der Waals surface area contributed by atoms with E-state index < -0.39 is 189 Å². The molecule has 19 N–H and O–H groups in total. The van der Waals surface area contributed by atoms with Gasteiger partial charge in [-0.1, -0.05) is 38.5 Å². The molecular weight excluding hydrogens is 1430 g/mol. The first-order valence-corrected chi connectivity index (χ1v) is 37.3. The van der Waals surface area contributed by atoms with Gasteiger partial charge < -0.3 is 151 Å². The maximum absolute atomic E-state index is 13.9. The summed E-state index contributed by atoms with van der Waals surface area (Å²) in [5.74, 6) is -5.74. The van der Waals surface area contributed by atoms with Crippen LogP contribution in [0.3, 0.4) is 0 Å². The van der Waals surface area contributed by atoms with Gasteiger partial charge in [-0.2, -0.15) is 0 Å². The molecule has 624 valence electrons. The van der Waals surface area contributed by atoms with Crippen molar-refractivity contribution < 1.29 is 146 Å². The second kappa shape index (κ2) is 51.8. The molecule has 20 atom stereocenters. The zero-order valence-corrected chi connectivity index (χ0v) is 63.0. The van der Waals surface area contributed by atoms with Gasteiger partial charge in [0.2, 0.25) is 53.2 Å². The van der Waals surface area contributed by atoms with Crippen molar-refractivity contribution in [2.45, 2.75) is 260 Å². The fraction of sp³-hybridized carbons (Fsp3) is 0.870. The minimum absolute atomic E-state index is 0.0215. The molecule has 39 heteroatoms. The molecule has 4 fully saturated rings. The smallest absolute Gasteiger partial charge is 0.242 e. The van der Waals surface area contributed by atoms with Gasteiger partial charge in [0.1, 0.15) is 79.0 Å². The van der Waals surface area contributed by atoms with Gasteiger partial charge in [0.05, 0.1) is 116 Å². The number of hydrogen-bond donors (Lipinski definition) is 19. The van der Waals surface area contributed by atoms with E-state index in [2.05, 4.69) is 47.9 Å². The van der Waals surface area contributed by atoms with Crippen LogP contribution in [-0.4, -0.2) is 345 Å². The fourth-order valence-electron chi connectivity index (χ4n) is 12.3. The molecular formula is C69H123N9O30. The predicted octanol–water partition coefficient (Wildman–Crippen LogP) is -6.61. The van der Waals surface area contributed by atoms with Gasteiger partial charge in [0.25, 0.3) is 0 Å². The van der Waals surface area contributed by atoms with Gasteiger partial charge in [-0.3, -0.25) is 43.2 Å². The van der Waals surface area contributed by atoms with Crippen LogP contribution in [0.4, 0.5) is 0 Å². The maximum atomic E-state index is 13.9. The molecule has 0 aromatic carbocycles. The summed E-state index contributed by atoms with van der Waals surface area (Å²) >= 11 is 0. The molecule has 108 heavy (non-hydrogen) atoms. The van der Waals surface area contributed by atoms with E-state index in [1.54, 1.807) is 0 Å². The van der Waals surface area contributed by atoms with Gasteiger partial charge >= 0.3 is 0 Å². The Hall–Kier alpha value is -5.61. The lowest BCUT2D eigenvalue weighted by atomic mass is 9.96. The minimum Gasteiger partial charge on any atom is -0.396 e. The summed E-state index contributed by atoms with van der Waals surface area (Å²) in [5, 5.41) is 125. The Balaban J connectivity index is 1.32. The molecule has 39 nitrogen and oxygen atoms in total. The highest BCUT2D eigenvalue weighted by molar-refractivity contribution is 5.90. The van der Waals surface area contributed by atoms with Crippen molar-refractivity contribution in [1.29, 1.82) is 0 Å². The number of carbonyl (C=O) groups excluding carboxylic acids is 9. The van der Waals surface area contributed by atoms with Crippen LogP contribution in [0.25, 0.3) is 0 Å². The summed E-state index contributed by atoms with van der Waals surface area (Å²) in [6, 6.07) is -6.17. The first-order chi connectivity index (χ1) is 51.5. The summed E-state index contributed by atoms with van der Waals surface area (Å²) in [6.45, 7) is 6.38. The number of nitrogens with one attached hydrogen (secondary N) is 9. The standard InChI is InChI=1S/C69H123N9O30/c1-40(83)74-55-61(93)58(90)43(35-79)39-104-66(55)101-30-27-99-25-22-71-64(96)45(17-19-52(87)70-21-24-98-28-31-102-67-56(75-41(2)84)62(94)59(91)49(37-81)106-67)78-54(89)20-18-46(65(97)72-23-26-100-29-32-103-68-57(76-42(3)85)63(95)60(92)50(38-82)107-68)77-53(88)16-14-12-10-8-7-9-11-13-15-51(86)73-34-44-33-47(48(36-80)105-44)108-69(4,5)6/h43-50,55-63,66-68,79-82,90-95H,7-39H2,1-6H3,(H,70,87)(H,71,96)(H,72,97)(H,73,86)(H,74,83)(H,75,84)(H,76,85)(H,77,88)(H,78,89)/t43?,44-,45?,46?,47+,48-,49?,50?,55?,56?,57?,58?,59?,60?,61?,62?,63?,66?,67?,68?/m0/s1. The Morgan fingerprint density at radius 2 is 0.815 bits per heavy atom. The molecule has 4 rings (SSSR count). The van der Waals surface area contributed by atoms with Crippen molar-refractivity contribution in [3.8, 4) is 0 Å². The van der Waals surface area contributed by atoms with Crippen molar-refractivity contribution >= 4 is 53.2 Å². The Bertz CT molecular complexity index is 2660. The van der Waals surface area contributed by atoms with Gasteiger partial charge in [-0.25, -0.2) is 0 Å². The first-order valence-electron chi connectivity index (χ1n) is 37.3. The van der Waals surface area contributed by atoms with E-state index in [0.29, 0.717) is 38.6 Å². The second-order valence-corrected chi connectivity index (χ2v) is 28.0. The molecule has 4 saturated heterocycles. The van der Waals surface area contributed by atoms with Crippen LogP contribution in [0.2, 0.25) is 0 Å². The number of hydrogen-bond acceptors (Lipinski definition) is 30. The Morgan fingerprint density at radius 1 is 0.426 bits per heavy atom. The number of ether oxygens (including phenoxy) is 11. The predicted molar refractivity (Wildman–Crippen MR) is 377 cm³/mol. The molecule has 0 radical (unpaired) electrons. The number of rotatable bonds is 52. The Labute approximate surface area is 629 Å². The second-order valence-electron chi connectivity index (χ2n) is 28.0. The SMILES string of the molecule is CC(=O)NC1C(OCCOCCNC(=O)C(CCC(=O)NCCOCCOC2OC(CO)C(O)C(O)C2NC(C)=O)NC(=O)CCC(NC(=O)CCCCCCCCCCC(=O)NC[C@@H]2C[C@@H](OC(C)(C)C)[C@H](CO)O2)C(=O)NCCOCCOC2OC(CO)C(O)C(O)C2NC(C)=O)OCC(CO)C(O)C1O. The normalized spacial score (nSPS) is 27.8. The van der Waals surface area contributed by atoms with Crippen molar-refractivity contribution in [1.82, 2.24) is 47.9 Å². The highest BCUT2D eigenvalue weighted by atomic mass is 16.7. The number of unbranched alkanes of at least 4 members (excludes halogenated alkanes) is 7. The van der Waals surface area contributed by atoms with Gasteiger partial charge in [-0.05, 0) is 46.5 Å². The van der Waals surface area contributed by atoms with E-state index in [1.165, 1.54) is 20.8 Å². The summed E-state index contributed by atoms with van der Waals surface area (Å²) in [5.41, 5.74) is -0.404. The Kier molecular flexibility index (Phi) is 45.5. The summed E-state index contributed by atoms with van der Waals surface area (Å²) in [6.07, 6.45) is -10.2. The third kappa shape index (κ3) is 35.8. The zero-order chi connectivity index (χ0) is 79.7. The third-order valence-electron chi connectivity index (χ3n) is 17.9. The average Bonchev–Trinajstić information content (AvgIpc) is 1.22. The molecule has 0 spiro atoms. The monoisotopic (exact) mass is 1560 g/mol. The van der Waals surface area contributed by atoms with Crippen LogP contribution in [0.15, 0.2) is 0 Å². The van der Waals surface area contributed by atoms with Crippen molar-refractivity contribution in [3.05, 3.63) is 0 Å². The number of amides is 9. The van der Waals surface area contributed by atoms with Crippen molar-refractivity contribution in [3.63, 3.8) is 0 Å². The van der Waals surface area contributed by atoms with E-state index >= 15 is 0 Å². The first kappa shape index (κ1) is 94.8. The molecule has 0 bridgehead atoms.